The minimum atomic E-state index is -1.08. The lowest BCUT2D eigenvalue weighted by atomic mass is 9.80. The van der Waals surface area contributed by atoms with E-state index in [2.05, 4.69) is 0 Å². The maximum atomic E-state index is 11.1. The molecule has 0 aliphatic rings. The Balaban J connectivity index is 3.49. The van der Waals surface area contributed by atoms with Crippen LogP contribution in [0.4, 0.5) is 0 Å². The lowest BCUT2D eigenvalue weighted by Gasteiger charge is -2.25. The number of carboxylic acids is 1. The first-order chi connectivity index (χ1) is 7.83. The molecule has 0 atom stereocenters. The SMILES string of the molecule is CCc1cc(C(=O)O)c(O)c(C(C)(C)CC)c1. The summed E-state index contributed by atoms with van der Waals surface area (Å²) in [4.78, 5) is 11.1. The van der Waals surface area contributed by atoms with E-state index in [9.17, 15) is 9.90 Å². The Morgan fingerprint density at radius 3 is 2.29 bits per heavy atom. The van der Waals surface area contributed by atoms with Crippen molar-refractivity contribution in [2.24, 2.45) is 0 Å². The maximum absolute atomic E-state index is 11.1. The number of rotatable bonds is 4. The standard InChI is InChI=1S/C14H20O3/c1-5-9-7-10(13(16)17)12(15)11(8-9)14(3,4)6-2/h7-8,15H,5-6H2,1-4H3,(H,16,17). The second-order valence-corrected chi connectivity index (χ2v) is 4.94. The van der Waals surface area contributed by atoms with E-state index in [-0.39, 0.29) is 16.7 Å². The van der Waals surface area contributed by atoms with Crippen LogP contribution < -0.4 is 0 Å². The highest BCUT2D eigenvalue weighted by Gasteiger charge is 2.25. The molecule has 0 unspecified atom stereocenters. The van der Waals surface area contributed by atoms with Crippen LogP contribution in [0.5, 0.6) is 5.75 Å². The zero-order chi connectivity index (χ0) is 13.2. The zero-order valence-electron chi connectivity index (χ0n) is 10.9. The predicted molar refractivity (Wildman–Crippen MR) is 67.8 cm³/mol. The number of hydrogen-bond acceptors (Lipinski definition) is 2. The molecule has 17 heavy (non-hydrogen) atoms. The van der Waals surface area contributed by atoms with Crippen LogP contribution in [0.15, 0.2) is 12.1 Å². The van der Waals surface area contributed by atoms with Gasteiger partial charge in [0.2, 0.25) is 0 Å². The van der Waals surface area contributed by atoms with Crippen LogP contribution in [0.1, 0.15) is 55.6 Å². The zero-order valence-corrected chi connectivity index (χ0v) is 10.9. The van der Waals surface area contributed by atoms with E-state index >= 15 is 0 Å². The lowest BCUT2D eigenvalue weighted by molar-refractivity contribution is 0.0693. The molecular formula is C14H20O3. The molecule has 1 aromatic carbocycles. The summed E-state index contributed by atoms with van der Waals surface area (Å²) in [6.45, 7) is 8.01. The largest absolute Gasteiger partial charge is 0.507 e. The number of aromatic hydroxyl groups is 1. The van der Waals surface area contributed by atoms with Crippen LogP contribution in [-0.2, 0) is 11.8 Å². The van der Waals surface area contributed by atoms with E-state index in [1.165, 1.54) is 0 Å². The number of aryl methyl sites for hydroxylation is 1. The molecule has 0 radical (unpaired) electrons. The number of benzene rings is 1. The summed E-state index contributed by atoms with van der Waals surface area (Å²) < 4.78 is 0. The first-order valence-corrected chi connectivity index (χ1v) is 5.93. The van der Waals surface area contributed by atoms with Gasteiger partial charge in [0, 0.05) is 5.56 Å². The molecule has 3 nitrogen and oxygen atoms in total. The fourth-order valence-corrected chi connectivity index (χ4v) is 1.77. The van der Waals surface area contributed by atoms with Gasteiger partial charge in [0.05, 0.1) is 0 Å². The molecule has 0 amide bonds. The van der Waals surface area contributed by atoms with Crippen LogP contribution in [0, 0.1) is 0 Å². The normalized spacial score (nSPS) is 11.5. The number of phenols is 1. The average Bonchev–Trinajstić information content (AvgIpc) is 2.28. The van der Waals surface area contributed by atoms with Crippen molar-refractivity contribution < 1.29 is 15.0 Å². The highest BCUT2D eigenvalue weighted by molar-refractivity contribution is 5.91. The van der Waals surface area contributed by atoms with Crippen molar-refractivity contribution in [1.29, 1.82) is 0 Å². The molecule has 0 heterocycles. The van der Waals surface area contributed by atoms with Gasteiger partial charge in [0.25, 0.3) is 0 Å². The third kappa shape index (κ3) is 2.60. The third-order valence-electron chi connectivity index (χ3n) is 3.42. The van der Waals surface area contributed by atoms with Crippen molar-refractivity contribution in [3.63, 3.8) is 0 Å². The molecule has 2 N–H and O–H groups in total. The molecule has 0 spiro atoms. The molecule has 0 aliphatic heterocycles. The van der Waals surface area contributed by atoms with E-state index in [4.69, 9.17) is 5.11 Å². The van der Waals surface area contributed by atoms with Gasteiger partial charge >= 0.3 is 5.97 Å². The van der Waals surface area contributed by atoms with Crippen LogP contribution >= 0.6 is 0 Å². The summed E-state index contributed by atoms with van der Waals surface area (Å²) in [6, 6.07) is 3.46. The Morgan fingerprint density at radius 1 is 1.29 bits per heavy atom. The molecule has 0 aromatic heterocycles. The molecule has 0 fully saturated rings. The smallest absolute Gasteiger partial charge is 0.339 e. The number of hydrogen-bond donors (Lipinski definition) is 2. The second-order valence-electron chi connectivity index (χ2n) is 4.94. The van der Waals surface area contributed by atoms with Gasteiger partial charge in [-0.15, -0.1) is 0 Å². The lowest BCUT2D eigenvalue weighted by Crippen LogP contribution is -2.17. The second kappa shape index (κ2) is 4.78. The summed E-state index contributed by atoms with van der Waals surface area (Å²) >= 11 is 0. The van der Waals surface area contributed by atoms with Gasteiger partial charge in [0.1, 0.15) is 11.3 Å². The highest BCUT2D eigenvalue weighted by atomic mass is 16.4. The van der Waals surface area contributed by atoms with Crippen molar-refractivity contribution >= 4 is 5.97 Å². The van der Waals surface area contributed by atoms with Crippen LogP contribution in [0.2, 0.25) is 0 Å². The fraction of sp³-hybridized carbons (Fsp3) is 0.500. The topological polar surface area (TPSA) is 57.5 Å². The van der Waals surface area contributed by atoms with Gasteiger partial charge in [-0.3, -0.25) is 0 Å². The first-order valence-electron chi connectivity index (χ1n) is 5.93. The Morgan fingerprint density at radius 2 is 1.88 bits per heavy atom. The molecule has 1 rings (SSSR count). The van der Waals surface area contributed by atoms with Gasteiger partial charge in [0.15, 0.2) is 0 Å². The van der Waals surface area contributed by atoms with Gasteiger partial charge in [-0.05, 0) is 29.9 Å². The molecule has 0 saturated carbocycles. The quantitative estimate of drug-likeness (QED) is 0.843. The van der Waals surface area contributed by atoms with Gasteiger partial charge < -0.3 is 10.2 Å². The van der Waals surface area contributed by atoms with E-state index < -0.39 is 5.97 Å². The molecule has 1 aromatic rings. The van der Waals surface area contributed by atoms with Crippen LogP contribution in [-0.4, -0.2) is 16.2 Å². The van der Waals surface area contributed by atoms with E-state index in [1.54, 1.807) is 6.07 Å². The van der Waals surface area contributed by atoms with E-state index in [0.717, 1.165) is 24.0 Å². The molecule has 94 valence electrons. The van der Waals surface area contributed by atoms with Gasteiger partial charge in [-0.1, -0.05) is 33.8 Å². The Kier molecular flexibility index (Phi) is 3.81. The molecule has 0 saturated heterocycles. The summed E-state index contributed by atoms with van der Waals surface area (Å²) in [6.07, 6.45) is 1.60. The first kappa shape index (κ1) is 13.6. The summed E-state index contributed by atoms with van der Waals surface area (Å²) in [5, 5.41) is 19.2. The molecule has 0 aliphatic carbocycles. The predicted octanol–water partition coefficient (Wildman–Crippen LogP) is 3.34. The monoisotopic (exact) mass is 236 g/mol. The Hall–Kier alpha value is -1.51. The summed E-state index contributed by atoms with van der Waals surface area (Å²) in [5.74, 6) is -1.17. The minimum Gasteiger partial charge on any atom is -0.507 e. The third-order valence-corrected chi connectivity index (χ3v) is 3.42. The average molecular weight is 236 g/mol. The molecule has 3 heteroatoms. The minimum absolute atomic E-state index is 0.000810. The van der Waals surface area contributed by atoms with Crippen LogP contribution in [0.25, 0.3) is 0 Å². The Labute approximate surface area is 102 Å². The van der Waals surface area contributed by atoms with Crippen molar-refractivity contribution in [1.82, 2.24) is 0 Å². The van der Waals surface area contributed by atoms with Crippen LogP contribution in [0.3, 0.4) is 0 Å². The maximum Gasteiger partial charge on any atom is 0.339 e. The number of carboxylic acid groups (broad SMARTS) is 1. The van der Waals surface area contributed by atoms with Crippen molar-refractivity contribution in [2.45, 2.75) is 46.0 Å². The van der Waals surface area contributed by atoms with E-state index in [1.807, 2.05) is 33.8 Å². The van der Waals surface area contributed by atoms with Crippen molar-refractivity contribution in [3.05, 3.63) is 28.8 Å². The summed E-state index contributed by atoms with van der Waals surface area (Å²) in [7, 11) is 0. The van der Waals surface area contributed by atoms with Crippen molar-refractivity contribution in [3.8, 4) is 5.75 Å². The number of carbonyl (C=O) groups is 1. The summed E-state index contributed by atoms with van der Waals surface area (Å²) in [5.41, 5.74) is 1.44. The fourth-order valence-electron chi connectivity index (χ4n) is 1.77. The van der Waals surface area contributed by atoms with E-state index in [0.29, 0.717) is 0 Å². The van der Waals surface area contributed by atoms with Crippen molar-refractivity contribution in [2.75, 3.05) is 0 Å². The Bertz CT molecular complexity index is 433. The number of aromatic carboxylic acids is 1. The van der Waals surface area contributed by atoms with Gasteiger partial charge in [-0.25, -0.2) is 4.79 Å². The molecular weight excluding hydrogens is 216 g/mol. The molecule has 0 bridgehead atoms. The van der Waals surface area contributed by atoms with Gasteiger partial charge in [-0.2, -0.15) is 0 Å². The highest BCUT2D eigenvalue weighted by Crippen LogP contribution is 2.36.